The zero-order valence-electron chi connectivity index (χ0n) is 20.7. The van der Waals surface area contributed by atoms with Crippen LogP contribution in [0, 0.1) is 5.92 Å². The molecule has 0 radical (unpaired) electrons. The van der Waals surface area contributed by atoms with Crippen LogP contribution in [0.2, 0.25) is 0 Å². The number of ether oxygens (including phenoxy) is 2. The van der Waals surface area contributed by atoms with Crippen LogP contribution in [0.15, 0.2) is 36.4 Å². The minimum absolute atomic E-state index is 0.00274. The first kappa shape index (κ1) is 25.5. The summed E-state index contributed by atoms with van der Waals surface area (Å²) in [5.74, 6) is 0.665. The molecule has 0 spiro atoms. The van der Waals surface area contributed by atoms with Crippen LogP contribution in [-0.2, 0) is 28.9 Å². The monoisotopic (exact) mass is 489 g/mol. The number of benzene rings is 2. The molecule has 4 rings (SSSR count). The van der Waals surface area contributed by atoms with E-state index in [9.17, 15) is 18.0 Å². The molecule has 4 nitrogen and oxygen atoms in total. The van der Waals surface area contributed by atoms with Crippen molar-refractivity contribution < 1.29 is 27.4 Å². The Bertz CT molecular complexity index is 1040. The maximum absolute atomic E-state index is 13.8. The predicted molar refractivity (Wildman–Crippen MR) is 128 cm³/mol. The van der Waals surface area contributed by atoms with Gasteiger partial charge in [-0.25, -0.2) is 0 Å². The molecule has 0 N–H and O–H groups in total. The Kier molecular flexibility index (Phi) is 7.74. The lowest BCUT2D eigenvalue weighted by atomic mass is 9.91. The third-order valence-corrected chi connectivity index (χ3v) is 7.25. The fourth-order valence-electron chi connectivity index (χ4n) is 5.30. The number of carbonyl (C=O) groups is 1. The maximum atomic E-state index is 13.8. The fraction of sp³-hybridized carbons (Fsp3) is 0.536. The van der Waals surface area contributed by atoms with Gasteiger partial charge in [-0.3, -0.25) is 9.69 Å². The van der Waals surface area contributed by atoms with Gasteiger partial charge in [0.25, 0.3) is 0 Å². The quantitative estimate of drug-likeness (QED) is 0.388. The molecule has 1 heterocycles. The molecule has 0 atom stereocenters. The lowest BCUT2D eigenvalue weighted by Crippen LogP contribution is -2.50. The van der Waals surface area contributed by atoms with Gasteiger partial charge in [0.05, 0.1) is 18.6 Å². The zero-order valence-corrected chi connectivity index (χ0v) is 20.7. The number of nitrogens with zero attached hydrogens (tertiary/aromatic N) is 1. The zero-order chi connectivity index (χ0) is 25.2. The van der Waals surface area contributed by atoms with E-state index in [1.807, 2.05) is 18.2 Å². The average Bonchev–Trinajstić information content (AvgIpc) is 3.33. The number of likely N-dealkylation sites (tertiary alicyclic amines) is 1. The van der Waals surface area contributed by atoms with Crippen molar-refractivity contribution in [3.63, 3.8) is 0 Å². The van der Waals surface area contributed by atoms with Crippen LogP contribution in [-0.4, -0.2) is 31.1 Å². The lowest BCUT2D eigenvalue weighted by Gasteiger charge is -2.37. The summed E-state index contributed by atoms with van der Waals surface area (Å²) in [6.45, 7) is 6.39. The minimum Gasteiger partial charge on any atom is -0.489 e. The Morgan fingerprint density at radius 2 is 1.80 bits per heavy atom. The molecule has 2 fully saturated rings. The first-order valence-corrected chi connectivity index (χ1v) is 12.4. The minimum atomic E-state index is -4.37. The van der Waals surface area contributed by atoms with E-state index >= 15 is 0 Å². The number of halogens is 3. The van der Waals surface area contributed by atoms with Crippen LogP contribution in [0.5, 0.6) is 5.75 Å². The Hall–Kier alpha value is -2.54. The smallest absolute Gasteiger partial charge is 0.416 e. The number of hydrogen-bond donors (Lipinski definition) is 0. The molecule has 2 aromatic rings. The summed E-state index contributed by atoms with van der Waals surface area (Å²) in [7, 11) is 1.41. The summed E-state index contributed by atoms with van der Waals surface area (Å²) in [5.41, 5.74) is 2.71. The molecule has 0 bridgehead atoms. The Morgan fingerprint density at radius 3 is 2.43 bits per heavy atom. The van der Waals surface area contributed by atoms with Crippen LogP contribution in [0.4, 0.5) is 13.2 Å². The Labute approximate surface area is 205 Å². The highest BCUT2D eigenvalue weighted by molar-refractivity contribution is 5.73. The first-order chi connectivity index (χ1) is 16.7. The fourth-order valence-corrected chi connectivity index (χ4v) is 5.30. The molecular formula is C28H34F3NO3. The maximum Gasteiger partial charge on any atom is 0.416 e. The standard InChI is InChI=1S/C28H34F3NO3/c1-18(2)25-13-23(10-9-21(25)14-32-15-22(16-32)27(33)34-3)35-17-19-8-11-24(20-6-4-5-7-20)26(12-19)28(29,30)31/h8-13,18,20,22H,4-7,14-17H2,1-3H3. The largest absolute Gasteiger partial charge is 0.489 e. The second-order valence-electron chi connectivity index (χ2n) is 10.1. The van der Waals surface area contributed by atoms with Gasteiger partial charge >= 0.3 is 12.1 Å². The lowest BCUT2D eigenvalue weighted by molar-refractivity contribution is -0.151. The van der Waals surface area contributed by atoms with Crippen LogP contribution in [0.1, 0.15) is 79.2 Å². The highest BCUT2D eigenvalue weighted by atomic mass is 19.4. The van der Waals surface area contributed by atoms with E-state index in [4.69, 9.17) is 9.47 Å². The van der Waals surface area contributed by atoms with Gasteiger partial charge in [0.15, 0.2) is 0 Å². The number of carbonyl (C=O) groups excluding carboxylic acids is 1. The van der Waals surface area contributed by atoms with Crippen molar-refractivity contribution in [1.29, 1.82) is 0 Å². The highest BCUT2D eigenvalue weighted by Crippen LogP contribution is 2.42. The van der Waals surface area contributed by atoms with E-state index in [-0.39, 0.29) is 30.3 Å². The SMILES string of the molecule is COC(=O)C1CN(Cc2ccc(OCc3ccc(C4CCCC4)c(C(F)(F)F)c3)cc2C(C)C)C1. The van der Waals surface area contributed by atoms with E-state index in [2.05, 4.69) is 18.7 Å². The van der Waals surface area contributed by atoms with E-state index in [1.165, 1.54) is 13.2 Å². The van der Waals surface area contributed by atoms with Crippen molar-refractivity contribution in [3.05, 3.63) is 64.2 Å². The second-order valence-corrected chi connectivity index (χ2v) is 10.1. The molecule has 190 valence electrons. The molecule has 1 aliphatic carbocycles. The second kappa shape index (κ2) is 10.6. The van der Waals surface area contributed by atoms with E-state index in [0.717, 1.165) is 43.4 Å². The van der Waals surface area contributed by atoms with E-state index < -0.39 is 11.7 Å². The van der Waals surface area contributed by atoms with Crippen molar-refractivity contribution in [2.45, 2.75) is 70.7 Å². The summed E-state index contributed by atoms with van der Waals surface area (Å²) in [6.07, 6.45) is -0.743. The summed E-state index contributed by atoms with van der Waals surface area (Å²) >= 11 is 0. The molecule has 2 aromatic carbocycles. The average molecular weight is 490 g/mol. The Morgan fingerprint density at radius 1 is 1.09 bits per heavy atom. The normalized spacial score (nSPS) is 17.6. The summed E-state index contributed by atoms with van der Waals surface area (Å²) in [6, 6.07) is 10.5. The van der Waals surface area contributed by atoms with Crippen molar-refractivity contribution in [1.82, 2.24) is 4.90 Å². The number of hydrogen-bond acceptors (Lipinski definition) is 4. The van der Waals surface area contributed by atoms with Gasteiger partial charge < -0.3 is 9.47 Å². The summed E-state index contributed by atoms with van der Waals surface area (Å²) in [4.78, 5) is 13.8. The highest BCUT2D eigenvalue weighted by Gasteiger charge is 2.36. The van der Waals surface area contributed by atoms with E-state index in [1.54, 1.807) is 12.1 Å². The number of rotatable bonds is 8. The van der Waals surface area contributed by atoms with Crippen molar-refractivity contribution in [2.75, 3.05) is 20.2 Å². The van der Waals surface area contributed by atoms with Gasteiger partial charge in [0, 0.05) is 19.6 Å². The van der Waals surface area contributed by atoms with Crippen molar-refractivity contribution in [2.24, 2.45) is 5.92 Å². The summed E-state index contributed by atoms with van der Waals surface area (Å²) < 4.78 is 52.1. The van der Waals surface area contributed by atoms with Gasteiger partial charge in [-0.2, -0.15) is 13.2 Å². The molecule has 1 saturated heterocycles. The first-order valence-electron chi connectivity index (χ1n) is 12.4. The van der Waals surface area contributed by atoms with Gasteiger partial charge in [0.1, 0.15) is 12.4 Å². The molecule has 0 amide bonds. The van der Waals surface area contributed by atoms with Gasteiger partial charge in [0.2, 0.25) is 0 Å². The number of methoxy groups -OCH3 is 1. The Balaban J connectivity index is 1.44. The van der Waals surface area contributed by atoms with E-state index in [0.29, 0.717) is 30.0 Å². The number of esters is 1. The molecule has 1 aliphatic heterocycles. The van der Waals surface area contributed by atoms with Crippen LogP contribution in [0.25, 0.3) is 0 Å². The molecule has 0 aromatic heterocycles. The van der Waals surface area contributed by atoms with Crippen molar-refractivity contribution in [3.8, 4) is 5.75 Å². The number of alkyl halides is 3. The molecule has 1 saturated carbocycles. The van der Waals surface area contributed by atoms with Gasteiger partial charge in [-0.1, -0.05) is 44.9 Å². The topological polar surface area (TPSA) is 38.8 Å². The molecule has 2 aliphatic rings. The van der Waals surface area contributed by atoms with Gasteiger partial charge in [-0.15, -0.1) is 0 Å². The van der Waals surface area contributed by atoms with Crippen LogP contribution in [0.3, 0.4) is 0 Å². The predicted octanol–water partition coefficient (Wildman–Crippen LogP) is 6.67. The third kappa shape index (κ3) is 6.00. The van der Waals surface area contributed by atoms with Crippen molar-refractivity contribution >= 4 is 5.97 Å². The molecule has 7 heteroatoms. The van der Waals surface area contributed by atoms with Crippen LogP contribution < -0.4 is 4.74 Å². The molecular weight excluding hydrogens is 455 g/mol. The van der Waals surface area contributed by atoms with Gasteiger partial charge in [-0.05, 0) is 65.1 Å². The molecule has 0 unspecified atom stereocenters. The van der Waals surface area contributed by atoms with Crippen LogP contribution >= 0.6 is 0 Å². The molecule has 35 heavy (non-hydrogen) atoms. The summed E-state index contributed by atoms with van der Waals surface area (Å²) in [5, 5.41) is 0. The third-order valence-electron chi connectivity index (χ3n) is 7.25.